The lowest BCUT2D eigenvalue weighted by Crippen LogP contribution is -2.71. The van der Waals surface area contributed by atoms with E-state index in [-0.39, 0.29) is 5.95 Å². The van der Waals surface area contributed by atoms with Crippen LogP contribution in [0, 0.1) is 12.1 Å². The maximum Gasteiger partial charge on any atom is 0.326 e. The molecule has 0 bridgehead atoms. The molecule has 0 aliphatic rings. The van der Waals surface area contributed by atoms with Crippen molar-refractivity contribution in [1.82, 2.24) is 15.0 Å². The van der Waals surface area contributed by atoms with Gasteiger partial charge in [0.05, 0.1) is 0 Å². The Hall–Kier alpha value is -1.50. The molecule has 0 aliphatic carbocycles. The zero-order valence-electron chi connectivity index (χ0n) is 9.33. The average Bonchev–Trinajstić information content (AvgIpc) is 2.37. The zero-order valence-corrected chi connectivity index (χ0v) is 10.1. The van der Waals surface area contributed by atoms with Crippen LogP contribution in [-0.4, -0.2) is 15.0 Å². The molecule has 2 aromatic heterocycles. The van der Waals surface area contributed by atoms with Crippen LogP contribution in [0.4, 0.5) is 5.95 Å². The van der Waals surface area contributed by atoms with Gasteiger partial charge in [0.25, 0.3) is 0 Å². The van der Waals surface area contributed by atoms with Crippen LogP contribution in [0.5, 0.6) is 0 Å². The molecule has 0 saturated carbocycles. The predicted octanol–water partition coefficient (Wildman–Crippen LogP) is 1.17. The minimum atomic E-state index is 0.235. The van der Waals surface area contributed by atoms with E-state index in [2.05, 4.69) is 15.0 Å². The first kappa shape index (κ1) is 12.0. The lowest BCUT2D eigenvalue weighted by molar-refractivity contribution is -0.506. The number of aromatic nitrogens is 3. The third-order valence-electron chi connectivity index (χ3n) is 2.06. The van der Waals surface area contributed by atoms with Gasteiger partial charge in [0.1, 0.15) is 5.03 Å². The van der Waals surface area contributed by atoms with Gasteiger partial charge in [-0.2, -0.15) is 9.97 Å². The van der Waals surface area contributed by atoms with E-state index in [0.29, 0.717) is 5.48 Å². The summed E-state index contributed by atoms with van der Waals surface area (Å²) < 4.78 is 0. The van der Waals surface area contributed by atoms with Gasteiger partial charge in [-0.05, 0) is 24.6 Å². The van der Waals surface area contributed by atoms with Crippen LogP contribution in [0.1, 0.15) is 11.3 Å². The molecule has 0 spiro atoms. The summed E-state index contributed by atoms with van der Waals surface area (Å²) >= 11 is 1.57. The molecule has 0 unspecified atom stereocenters. The summed E-state index contributed by atoms with van der Waals surface area (Å²) in [5, 5.41) is 11.4. The minimum absolute atomic E-state index is 0.235. The lowest BCUT2D eigenvalue weighted by Gasteiger charge is -2.04. The first-order valence-electron chi connectivity index (χ1n) is 5.10. The van der Waals surface area contributed by atoms with Gasteiger partial charge in [-0.1, -0.05) is 6.07 Å². The van der Waals surface area contributed by atoms with E-state index >= 15 is 0 Å². The smallest absolute Gasteiger partial charge is 0.326 e. The van der Waals surface area contributed by atoms with Crippen LogP contribution >= 0.6 is 11.8 Å². The highest BCUT2D eigenvalue weighted by Gasteiger charge is 2.03. The van der Waals surface area contributed by atoms with E-state index in [1.807, 2.05) is 31.3 Å². The Morgan fingerprint density at radius 2 is 2.29 bits per heavy atom. The molecule has 0 aliphatic heterocycles. The van der Waals surface area contributed by atoms with Gasteiger partial charge in [0.15, 0.2) is 0 Å². The standard InChI is InChI=1S/C11H12N4OS/c1-8-5-10(14-11(13-8)15-16)17-7-9-3-2-4-12-6-9/h2-6H,7,15H2,1H3. The molecule has 88 valence electrons. The Labute approximate surface area is 103 Å². The van der Waals surface area contributed by atoms with Crippen molar-refractivity contribution < 1.29 is 5.48 Å². The predicted molar refractivity (Wildman–Crippen MR) is 65.5 cm³/mol. The van der Waals surface area contributed by atoms with Crippen LogP contribution in [0.15, 0.2) is 35.6 Å². The van der Waals surface area contributed by atoms with Crippen molar-refractivity contribution in [1.29, 1.82) is 0 Å². The van der Waals surface area contributed by atoms with Crippen molar-refractivity contribution in [2.45, 2.75) is 17.7 Å². The van der Waals surface area contributed by atoms with Crippen LogP contribution in [0.25, 0.3) is 0 Å². The van der Waals surface area contributed by atoms with E-state index in [1.54, 1.807) is 18.0 Å². The van der Waals surface area contributed by atoms with E-state index in [1.165, 1.54) is 0 Å². The number of rotatable bonds is 4. The van der Waals surface area contributed by atoms with Gasteiger partial charge < -0.3 is 10.7 Å². The van der Waals surface area contributed by atoms with E-state index in [4.69, 9.17) is 0 Å². The minimum Gasteiger partial charge on any atom is -0.628 e. The van der Waals surface area contributed by atoms with Crippen LogP contribution in [0.3, 0.4) is 0 Å². The summed E-state index contributed by atoms with van der Waals surface area (Å²) in [4.78, 5) is 12.2. The lowest BCUT2D eigenvalue weighted by atomic mass is 10.3. The number of aryl methyl sites for hydroxylation is 1. The third-order valence-corrected chi connectivity index (χ3v) is 3.05. The van der Waals surface area contributed by atoms with Crippen molar-refractivity contribution in [3.05, 3.63) is 47.1 Å². The van der Waals surface area contributed by atoms with Crippen molar-refractivity contribution in [2.75, 3.05) is 0 Å². The van der Waals surface area contributed by atoms with Gasteiger partial charge in [-0.25, -0.2) is 0 Å². The largest absolute Gasteiger partial charge is 0.628 e. The fourth-order valence-corrected chi connectivity index (χ4v) is 2.23. The molecule has 0 aromatic carbocycles. The quantitative estimate of drug-likeness (QED) is 0.499. The van der Waals surface area contributed by atoms with Crippen LogP contribution in [-0.2, 0) is 5.75 Å². The SMILES string of the molecule is Cc1cc(SCc2cccnc2)nc([NH2+][O-])n1. The highest BCUT2D eigenvalue weighted by Crippen LogP contribution is 2.21. The topological polar surface area (TPSA) is 78.3 Å². The summed E-state index contributed by atoms with van der Waals surface area (Å²) in [5.74, 6) is 1.02. The van der Waals surface area contributed by atoms with Crippen molar-refractivity contribution in [2.24, 2.45) is 0 Å². The fraction of sp³-hybridized carbons (Fsp3) is 0.182. The first-order chi connectivity index (χ1) is 8.28. The van der Waals surface area contributed by atoms with Crippen LogP contribution < -0.4 is 5.48 Å². The molecule has 0 atom stereocenters. The molecular weight excluding hydrogens is 236 g/mol. The summed E-state index contributed by atoms with van der Waals surface area (Å²) in [6.45, 7) is 1.85. The zero-order chi connectivity index (χ0) is 12.1. The maximum absolute atomic E-state index is 10.6. The Balaban J connectivity index is 2.06. The van der Waals surface area contributed by atoms with E-state index in [0.717, 1.165) is 22.0 Å². The first-order valence-corrected chi connectivity index (χ1v) is 6.09. The number of thioether (sulfide) groups is 1. The highest BCUT2D eigenvalue weighted by atomic mass is 32.2. The average molecular weight is 248 g/mol. The summed E-state index contributed by atoms with van der Waals surface area (Å²) in [6.07, 6.45) is 3.56. The number of quaternary nitrogens is 1. The van der Waals surface area contributed by atoms with Crippen LogP contribution in [0.2, 0.25) is 0 Å². The monoisotopic (exact) mass is 248 g/mol. The molecule has 2 heterocycles. The molecule has 0 amide bonds. The van der Waals surface area contributed by atoms with E-state index < -0.39 is 0 Å². The van der Waals surface area contributed by atoms with Crippen molar-refractivity contribution >= 4 is 17.7 Å². The Kier molecular flexibility index (Phi) is 4.03. The molecule has 2 rings (SSSR count). The molecular formula is C11H12N4OS. The summed E-state index contributed by atoms with van der Waals surface area (Å²) in [7, 11) is 0. The number of hydrogen-bond acceptors (Lipinski definition) is 5. The van der Waals surface area contributed by atoms with Crippen molar-refractivity contribution in [3.8, 4) is 0 Å². The number of nitrogens with zero attached hydrogens (tertiary/aromatic N) is 3. The second-order valence-electron chi connectivity index (χ2n) is 3.47. The molecule has 17 heavy (non-hydrogen) atoms. The third kappa shape index (κ3) is 3.48. The Morgan fingerprint density at radius 1 is 1.41 bits per heavy atom. The number of hydrogen-bond donors (Lipinski definition) is 1. The Morgan fingerprint density at radius 3 is 3.00 bits per heavy atom. The number of nitrogens with two attached hydrogens (primary N) is 1. The summed E-state index contributed by atoms with van der Waals surface area (Å²) in [6, 6.07) is 5.78. The van der Waals surface area contributed by atoms with Gasteiger partial charge in [0, 0.05) is 23.8 Å². The van der Waals surface area contributed by atoms with E-state index in [9.17, 15) is 5.21 Å². The second kappa shape index (κ2) is 5.72. The molecule has 2 aromatic rings. The molecule has 5 nitrogen and oxygen atoms in total. The highest BCUT2D eigenvalue weighted by molar-refractivity contribution is 7.98. The summed E-state index contributed by atoms with van der Waals surface area (Å²) in [5.41, 5.74) is 2.60. The fourth-order valence-electron chi connectivity index (χ4n) is 1.33. The van der Waals surface area contributed by atoms with Gasteiger partial charge in [-0.15, -0.1) is 11.8 Å². The van der Waals surface area contributed by atoms with Crippen molar-refractivity contribution in [3.63, 3.8) is 0 Å². The second-order valence-corrected chi connectivity index (χ2v) is 4.47. The normalized spacial score (nSPS) is 10.5. The Bertz CT molecular complexity index is 492. The molecule has 2 N–H and O–H groups in total. The molecule has 0 saturated heterocycles. The van der Waals surface area contributed by atoms with Gasteiger partial charge >= 0.3 is 5.95 Å². The van der Waals surface area contributed by atoms with Gasteiger partial charge in [-0.3, -0.25) is 4.98 Å². The van der Waals surface area contributed by atoms with Gasteiger partial charge in [0.2, 0.25) is 0 Å². The number of pyridine rings is 1. The molecule has 0 fully saturated rings. The molecule has 0 radical (unpaired) electrons. The molecule has 6 heteroatoms. The maximum atomic E-state index is 10.6.